The van der Waals surface area contributed by atoms with Gasteiger partial charge in [0.05, 0.1) is 6.61 Å². The molecule has 0 aromatic rings. The van der Waals surface area contributed by atoms with Gasteiger partial charge in [-0.15, -0.1) is 0 Å². The van der Waals surface area contributed by atoms with E-state index in [0.29, 0.717) is 6.42 Å². The van der Waals surface area contributed by atoms with Gasteiger partial charge < -0.3 is 14.5 Å². The molecular formula is C40H81O5P. The summed E-state index contributed by atoms with van der Waals surface area (Å²) in [6.07, 6.45) is 40.9. The molecule has 0 heterocycles. The number of ether oxygens (including phenoxy) is 1. The summed E-state index contributed by atoms with van der Waals surface area (Å²) in [4.78, 5) is 33.3. The average Bonchev–Trinajstić information content (AvgIpc) is 3.03. The summed E-state index contributed by atoms with van der Waals surface area (Å²) >= 11 is 0. The molecule has 0 aromatic carbocycles. The van der Waals surface area contributed by atoms with Gasteiger partial charge in [-0.25, -0.2) is 0 Å². The molecule has 0 aliphatic carbocycles. The Labute approximate surface area is 287 Å². The Hall–Kier alpha value is -0.380. The van der Waals surface area contributed by atoms with Crippen LogP contribution in [0.15, 0.2) is 0 Å². The molecular weight excluding hydrogens is 591 g/mol. The van der Waals surface area contributed by atoms with Gasteiger partial charge in [0.1, 0.15) is 0 Å². The highest BCUT2D eigenvalue weighted by Gasteiger charge is 2.52. The fraction of sp³-hybridized carbons (Fsp3) is 0.975. The van der Waals surface area contributed by atoms with Crippen LogP contribution in [0.3, 0.4) is 0 Å². The van der Waals surface area contributed by atoms with Crippen LogP contribution in [0.4, 0.5) is 0 Å². The number of carbonyl (C=O) groups excluding carboxylic acids is 1. The summed E-state index contributed by atoms with van der Waals surface area (Å²) in [5.41, 5.74) is 0. The fourth-order valence-electron chi connectivity index (χ4n) is 6.81. The first kappa shape index (κ1) is 45.6. The van der Waals surface area contributed by atoms with Crippen LogP contribution in [0.1, 0.15) is 239 Å². The molecule has 0 aromatic heterocycles. The second-order valence-electron chi connectivity index (χ2n) is 14.4. The maximum Gasteiger partial charge on any atom is 0.342 e. The molecule has 0 saturated heterocycles. The Balaban J connectivity index is 3.88. The number of rotatable bonds is 37. The van der Waals surface area contributed by atoms with Crippen molar-refractivity contribution in [1.29, 1.82) is 0 Å². The SMILES string of the molecule is CCCCCCCCCCCCCCCCCCOC(=O)C(CC)(CCCCCCCCCCCCCCCCCC)P(=O)(O)O. The predicted molar refractivity (Wildman–Crippen MR) is 200 cm³/mol. The maximum atomic E-state index is 13.0. The first-order valence-electron chi connectivity index (χ1n) is 20.6. The van der Waals surface area contributed by atoms with E-state index in [1.165, 1.54) is 161 Å². The third-order valence-electron chi connectivity index (χ3n) is 10.2. The summed E-state index contributed by atoms with van der Waals surface area (Å²) in [6, 6.07) is 0. The van der Waals surface area contributed by atoms with Gasteiger partial charge in [-0.2, -0.15) is 0 Å². The second-order valence-corrected chi connectivity index (χ2v) is 16.4. The molecule has 0 fully saturated rings. The van der Waals surface area contributed by atoms with E-state index < -0.39 is 18.7 Å². The van der Waals surface area contributed by atoms with Crippen molar-refractivity contribution in [2.45, 2.75) is 244 Å². The van der Waals surface area contributed by atoms with Gasteiger partial charge in [-0.1, -0.05) is 220 Å². The van der Waals surface area contributed by atoms with Crippen LogP contribution in [-0.2, 0) is 14.1 Å². The topological polar surface area (TPSA) is 83.8 Å². The highest BCUT2D eigenvalue weighted by atomic mass is 31.2. The number of carbonyl (C=O) groups is 1. The van der Waals surface area contributed by atoms with Crippen molar-refractivity contribution in [3.8, 4) is 0 Å². The highest BCUT2D eigenvalue weighted by Crippen LogP contribution is 2.56. The van der Waals surface area contributed by atoms with E-state index in [4.69, 9.17) is 4.74 Å². The third kappa shape index (κ3) is 25.6. The number of hydrogen-bond acceptors (Lipinski definition) is 3. The van der Waals surface area contributed by atoms with Crippen LogP contribution in [0.5, 0.6) is 0 Å². The molecule has 0 amide bonds. The average molecular weight is 673 g/mol. The number of esters is 1. The Morgan fingerprint density at radius 3 is 0.978 bits per heavy atom. The van der Waals surface area contributed by atoms with Gasteiger partial charge in [-0.05, 0) is 19.3 Å². The van der Waals surface area contributed by atoms with Gasteiger partial charge in [0, 0.05) is 0 Å². The Morgan fingerprint density at radius 2 is 0.717 bits per heavy atom. The van der Waals surface area contributed by atoms with Crippen molar-refractivity contribution in [3.63, 3.8) is 0 Å². The highest BCUT2D eigenvalue weighted by molar-refractivity contribution is 7.54. The lowest BCUT2D eigenvalue weighted by Crippen LogP contribution is -2.39. The van der Waals surface area contributed by atoms with Gasteiger partial charge in [0.25, 0.3) is 0 Å². The van der Waals surface area contributed by atoms with Crippen LogP contribution in [0.25, 0.3) is 0 Å². The summed E-state index contributed by atoms with van der Waals surface area (Å²) in [5, 5.41) is -1.68. The molecule has 0 bridgehead atoms. The summed E-state index contributed by atoms with van der Waals surface area (Å²) in [7, 11) is -4.62. The maximum absolute atomic E-state index is 13.0. The zero-order chi connectivity index (χ0) is 34.0. The smallest absolute Gasteiger partial charge is 0.342 e. The molecule has 0 aliphatic rings. The van der Waals surface area contributed by atoms with E-state index in [1.807, 2.05) is 0 Å². The van der Waals surface area contributed by atoms with Gasteiger partial charge >= 0.3 is 13.6 Å². The van der Waals surface area contributed by atoms with Crippen molar-refractivity contribution in [2.24, 2.45) is 0 Å². The summed E-state index contributed by atoms with van der Waals surface area (Å²) in [5.74, 6) is -0.690. The van der Waals surface area contributed by atoms with Crippen molar-refractivity contribution >= 4 is 13.6 Å². The molecule has 0 spiro atoms. The largest absolute Gasteiger partial charge is 0.465 e. The van der Waals surface area contributed by atoms with E-state index in [0.717, 1.165) is 38.5 Å². The third-order valence-corrected chi connectivity index (χ3v) is 12.0. The monoisotopic (exact) mass is 673 g/mol. The molecule has 0 rings (SSSR count). The number of unbranched alkanes of at least 4 members (excludes halogenated alkanes) is 30. The molecule has 0 aliphatic heterocycles. The molecule has 0 radical (unpaired) electrons. The van der Waals surface area contributed by atoms with Crippen LogP contribution in [-0.4, -0.2) is 27.5 Å². The van der Waals surface area contributed by atoms with Crippen LogP contribution in [0.2, 0.25) is 0 Å². The quantitative estimate of drug-likeness (QED) is 0.0390. The van der Waals surface area contributed by atoms with E-state index in [-0.39, 0.29) is 19.4 Å². The van der Waals surface area contributed by atoms with Gasteiger partial charge in [-0.3, -0.25) is 9.36 Å². The van der Waals surface area contributed by atoms with E-state index in [1.54, 1.807) is 6.92 Å². The molecule has 2 N–H and O–H groups in total. The van der Waals surface area contributed by atoms with Gasteiger partial charge in [0.15, 0.2) is 5.16 Å². The predicted octanol–water partition coefficient (Wildman–Crippen LogP) is 13.8. The standard InChI is InChI=1S/C40H81O5P/c1-4-7-9-11-13-15-17-19-21-23-25-27-29-31-33-35-37-40(6-3,46(42,43)44)39(41)45-38-36-34-32-30-28-26-24-22-20-18-16-14-12-10-8-5-2/h4-38H2,1-3H3,(H2,42,43,44). The minimum absolute atomic E-state index is 0.119. The zero-order valence-corrected chi connectivity index (χ0v) is 32.2. The summed E-state index contributed by atoms with van der Waals surface area (Å²) in [6.45, 7) is 6.51. The van der Waals surface area contributed by atoms with Crippen LogP contribution in [0, 0.1) is 0 Å². The Kier molecular flexibility index (Phi) is 32.9. The molecule has 1 atom stereocenters. The molecule has 1 unspecified atom stereocenters. The van der Waals surface area contributed by atoms with E-state index >= 15 is 0 Å². The van der Waals surface area contributed by atoms with Crippen molar-refractivity contribution in [3.05, 3.63) is 0 Å². The van der Waals surface area contributed by atoms with Crippen LogP contribution < -0.4 is 0 Å². The molecule has 6 heteroatoms. The zero-order valence-electron chi connectivity index (χ0n) is 31.3. The molecule has 46 heavy (non-hydrogen) atoms. The Morgan fingerprint density at radius 1 is 0.457 bits per heavy atom. The van der Waals surface area contributed by atoms with Gasteiger partial charge in [0.2, 0.25) is 0 Å². The van der Waals surface area contributed by atoms with Crippen molar-refractivity contribution < 1.29 is 23.9 Å². The first-order chi connectivity index (χ1) is 22.4. The molecule has 0 saturated carbocycles. The first-order valence-corrected chi connectivity index (χ1v) is 22.2. The Bertz CT molecular complexity index is 693. The van der Waals surface area contributed by atoms with Crippen LogP contribution >= 0.6 is 7.60 Å². The fourth-order valence-corrected chi connectivity index (χ4v) is 7.97. The number of hydrogen-bond donors (Lipinski definition) is 2. The van der Waals surface area contributed by atoms with E-state index in [2.05, 4.69) is 13.8 Å². The normalized spacial score (nSPS) is 13.2. The lowest BCUT2D eigenvalue weighted by Gasteiger charge is -2.31. The lowest BCUT2D eigenvalue weighted by atomic mass is 9.96. The minimum atomic E-state index is -4.62. The second kappa shape index (κ2) is 33.1. The van der Waals surface area contributed by atoms with Crippen molar-refractivity contribution in [2.75, 3.05) is 6.61 Å². The van der Waals surface area contributed by atoms with Crippen molar-refractivity contribution in [1.82, 2.24) is 0 Å². The minimum Gasteiger partial charge on any atom is -0.465 e. The lowest BCUT2D eigenvalue weighted by molar-refractivity contribution is -0.148. The summed E-state index contributed by atoms with van der Waals surface area (Å²) < 4.78 is 18.0. The van der Waals surface area contributed by atoms with E-state index in [9.17, 15) is 19.1 Å². The molecule has 276 valence electrons. The molecule has 5 nitrogen and oxygen atoms in total.